The molecule has 6 heterocycles. The van der Waals surface area contributed by atoms with Crippen molar-refractivity contribution in [2.24, 2.45) is 0 Å². The predicted octanol–water partition coefficient (Wildman–Crippen LogP) is 4.30. The Hall–Kier alpha value is -4.67. The molecule has 0 aliphatic carbocycles. The number of carbonyl (C=O) groups is 1. The largest absolute Gasteiger partial charge is 0.369 e. The molecule has 1 atom stereocenters. The summed E-state index contributed by atoms with van der Waals surface area (Å²) >= 11 is 0. The number of hydrogen-bond donors (Lipinski definition) is 0. The summed E-state index contributed by atoms with van der Waals surface area (Å²) in [6.45, 7) is 7.91. The highest BCUT2D eigenvalue weighted by Crippen LogP contribution is 2.34. The Bertz CT molecular complexity index is 1830. The highest BCUT2D eigenvalue weighted by molar-refractivity contribution is 5.78. The number of nitriles is 1. The van der Waals surface area contributed by atoms with Crippen molar-refractivity contribution in [3.63, 3.8) is 0 Å². The van der Waals surface area contributed by atoms with Crippen molar-refractivity contribution in [1.29, 1.82) is 5.26 Å². The van der Waals surface area contributed by atoms with Gasteiger partial charge in [0.2, 0.25) is 5.91 Å². The molecule has 1 amide bonds. The second kappa shape index (κ2) is 14.4. The monoisotopic (exact) mass is 668 g/mol. The molecule has 3 aromatic heterocycles. The number of benzene rings is 1. The van der Waals surface area contributed by atoms with Crippen LogP contribution in [0.1, 0.15) is 32.1 Å². The predicted molar refractivity (Wildman–Crippen MR) is 184 cm³/mol. The van der Waals surface area contributed by atoms with E-state index < -0.39 is 11.6 Å². The number of pyridine rings is 1. The Balaban J connectivity index is 1.32. The van der Waals surface area contributed by atoms with E-state index in [4.69, 9.17) is 9.97 Å². The molecule has 0 spiro atoms. The molecule has 4 aromatic rings. The van der Waals surface area contributed by atoms with Crippen molar-refractivity contribution < 1.29 is 13.6 Å². The van der Waals surface area contributed by atoms with Gasteiger partial charge in [0.25, 0.3) is 0 Å². The summed E-state index contributed by atoms with van der Waals surface area (Å²) in [4.78, 5) is 37.6. The summed E-state index contributed by atoms with van der Waals surface area (Å²) in [6, 6.07) is 12.5. The van der Waals surface area contributed by atoms with Crippen molar-refractivity contribution in [2.75, 3.05) is 82.3 Å². The SMILES string of the molecule is CN1CCN(c2ccc(-c3nc(-c4cnc5ccc(F)cn45)nc(N(CCN4CCCC4)[C@@H]4CCCN(C(=O)CC#N)C4)c3F)cc2)CC1. The number of likely N-dealkylation sites (N-methyl/N-ethyl adjacent to an activating group) is 1. The number of hydrogen-bond acceptors (Lipinski definition) is 9. The lowest BCUT2D eigenvalue weighted by Crippen LogP contribution is -2.52. The second-order valence-corrected chi connectivity index (χ2v) is 13.3. The van der Waals surface area contributed by atoms with Gasteiger partial charge in [0.05, 0.1) is 12.3 Å². The molecular weight excluding hydrogens is 626 g/mol. The molecule has 3 aliphatic heterocycles. The van der Waals surface area contributed by atoms with Crippen molar-refractivity contribution in [3.8, 4) is 28.8 Å². The number of piperazine rings is 1. The molecule has 0 N–H and O–H groups in total. The fourth-order valence-electron chi connectivity index (χ4n) is 7.28. The molecule has 13 heteroatoms. The van der Waals surface area contributed by atoms with Crippen LogP contribution < -0.4 is 9.80 Å². The van der Waals surface area contributed by atoms with Gasteiger partial charge in [0.1, 0.15) is 29.3 Å². The van der Waals surface area contributed by atoms with Gasteiger partial charge in [-0.05, 0) is 70.1 Å². The molecule has 11 nitrogen and oxygen atoms in total. The Morgan fingerprint density at radius 1 is 0.980 bits per heavy atom. The first-order valence-corrected chi connectivity index (χ1v) is 17.3. The van der Waals surface area contributed by atoms with Gasteiger partial charge >= 0.3 is 0 Å². The van der Waals surface area contributed by atoms with Gasteiger partial charge in [0, 0.05) is 75.8 Å². The number of anilines is 2. The molecule has 7 rings (SSSR count). The van der Waals surface area contributed by atoms with E-state index in [1.54, 1.807) is 21.6 Å². The van der Waals surface area contributed by atoms with Gasteiger partial charge in [-0.15, -0.1) is 0 Å². The molecule has 49 heavy (non-hydrogen) atoms. The number of amides is 1. The standard InChI is InChI=1S/C36H42F2N10O/c1-43-17-20-45(21-18-43)28-9-6-26(7-10-28)34-33(38)36(42-35(41-34)30-23-40-31-11-8-27(37)24-48(30)31)47(22-19-44-14-2-3-15-44)29-5-4-16-46(25-29)32(49)12-13-39/h6-11,23-24,29H,2-5,12,14-22,25H2,1H3/t29-/m1/s1. The minimum atomic E-state index is -0.544. The zero-order valence-corrected chi connectivity index (χ0v) is 27.9. The number of aromatic nitrogens is 4. The normalized spacial score (nSPS) is 19.0. The molecule has 0 bridgehead atoms. The maximum absolute atomic E-state index is 17.1. The van der Waals surface area contributed by atoms with Crippen LogP contribution in [-0.4, -0.2) is 118 Å². The van der Waals surface area contributed by atoms with Crippen LogP contribution in [-0.2, 0) is 4.79 Å². The van der Waals surface area contributed by atoms with E-state index in [0.717, 1.165) is 77.2 Å². The summed E-state index contributed by atoms with van der Waals surface area (Å²) in [5, 5.41) is 9.20. The van der Waals surface area contributed by atoms with Crippen LogP contribution in [0.5, 0.6) is 0 Å². The smallest absolute Gasteiger partial charge is 0.236 e. The van der Waals surface area contributed by atoms with Crippen molar-refractivity contribution in [2.45, 2.75) is 38.1 Å². The van der Waals surface area contributed by atoms with Gasteiger partial charge in [-0.3, -0.25) is 9.20 Å². The first-order chi connectivity index (χ1) is 23.9. The van der Waals surface area contributed by atoms with Crippen LogP contribution in [0.2, 0.25) is 0 Å². The number of nitrogens with zero attached hydrogens (tertiary/aromatic N) is 10. The third-order valence-corrected chi connectivity index (χ3v) is 10.1. The number of halogens is 2. The zero-order valence-electron chi connectivity index (χ0n) is 27.9. The van der Waals surface area contributed by atoms with Crippen LogP contribution in [0.15, 0.2) is 48.8 Å². The zero-order chi connectivity index (χ0) is 33.9. The first kappa shape index (κ1) is 32.9. The summed E-state index contributed by atoms with van der Waals surface area (Å²) in [7, 11) is 2.12. The van der Waals surface area contributed by atoms with E-state index in [-0.39, 0.29) is 35.7 Å². The topological polar surface area (TPSA) is 100 Å². The minimum absolute atomic E-state index is 0.147. The highest BCUT2D eigenvalue weighted by atomic mass is 19.1. The number of piperidine rings is 1. The van der Waals surface area contributed by atoms with Crippen molar-refractivity contribution >= 4 is 23.1 Å². The summed E-state index contributed by atoms with van der Waals surface area (Å²) in [6.07, 6.45) is 6.46. The van der Waals surface area contributed by atoms with Gasteiger partial charge in [-0.2, -0.15) is 5.26 Å². The molecule has 3 saturated heterocycles. The van der Waals surface area contributed by atoms with E-state index in [2.05, 4.69) is 26.7 Å². The first-order valence-electron chi connectivity index (χ1n) is 17.3. The minimum Gasteiger partial charge on any atom is -0.369 e. The number of carbonyl (C=O) groups excluding carboxylic acids is 1. The molecule has 0 saturated carbocycles. The Morgan fingerprint density at radius 2 is 1.76 bits per heavy atom. The van der Waals surface area contributed by atoms with Crippen LogP contribution in [0.25, 0.3) is 28.4 Å². The summed E-state index contributed by atoms with van der Waals surface area (Å²) < 4.78 is 33.2. The second-order valence-electron chi connectivity index (χ2n) is 13.3. The number of rotatable bonds is 9. The van der Waals surface area contributed by atoms with Gasteiger partial charge in [0.15, 0.2) is 17.5 Å². The third-order valence-electron chi connectivity index (χ3n) is 10.1. The maximum Gasteiger partial charge on any atom is 0.236 e. The molecule has 1 aromatic carbocycles. The van der Waals surface area contributed by atoms with E-state index in [1.807, 2.05) is 35.2 Å². The van der Waals surface area contributed by atoms with Gasteiger partial charge < -0.3 is 24.5 Å². The fourth-order valence-corrected chi connectivity index (χ4v) is 7.28. The molecule has 3 fully saturated rings. The van der Waals surface area contributed by atoms with Gasteiger partial charge in [-0.1, -0.05) is 12.1 Å². The number of likely N-dealkylation sites (tertiary alicyclic amines) is 2. The summed E-state index contributed by atoms with van der Waals surface area (Å²) in [5.41, 5.74) is 2.79. The molecule has 0 unspecified atom stereocenters. The van der Waals surface area contributed by atoms with E-state index in [9.17, 15) is 14.4 Å². The van der Waals surface area contributed by atoms with E-state index in [1.165, 1.54) is 12.3 Å². The molecule has 256 valence electrons. The quantitative estimate of drug-likeness (QED) is 0.259. The summed E-state index contributed by atoms with van der Waals surface area (Å²) in [5.74, 6) is -0.826. The molecule has 0 radical (unpaired) electrons. The Labute approximate surface area is 285 Å². The number of imidazole rings is 1. The van der Waals surface area contributed by atoms with Gasteiger partial charge in [-0.25, -0.2) is 23.7 Å². The highest BCUT2D eigenvalue weighted by Gasteiger charge is 2.32. The van der Waals surface area contributed by atoms with Crippen molar-refractivity contribution in [1.82, 2.24) is 34.1 Å². The van der Waals surface area contributed by atoms with Crippen molar-refractivity contribution in [3.05, 3.63) is 60.4 Å². The average Bonchev–Trinajstić information content (AvgIpc) is 3.80. The maximum atomic E-state index is 17.1. The lowest BCUT2D eigenvalue weighted by Gasteiger charge is -2.40. The Kier molecular flexibility index (Phi) is 9.68. The lowest BCUT2D eigenvalue weighted by atomic mass is 10.0. The van der Waals surface area contributed by atoms with E-state index in [0.29, 0.717) is 36.5 Å². The number of fused-ring (bicyclic) bond motifs is 1. The van der Waals surface area contributed by atoms with Crippen LogP contribution in [0, 0.1) is 23.0 Å². The Morgan fingerprint density at radius 3 is 2.51 bits per heavy atom. The molecular formula is C36H42F2N10O. The van der Waals surface area contributed by atoms with E-state index >= 15 is 4.39 Å². The van der Waals surface area contributed by atoms with Crippen LogP contribution in [0.4, 0.5) is 20.3 Å². The average molecular weight is 669 g/mol. The lowest BCUT2D eigenvalue weighted by molar-refractivity contribution is -0.131. The fraction of sp³-hybridized carbons (Fsp3) is 0.472. The molecule has 3 aliphatic rings. The van der Waals surface area contributed by atoms with Crippen LogP contribution in [0.3, 0.4) is 0 Å². The van der Waals surface area contributed by atoms with Crippen LogP contribution >= 0.6 is 0 Å². The third kappa shape index (κ3) is 7.07.